The molecule has 0 radical (unpaired) electrons. The summed E-state index contributed by atoms with van der Waals surface area (Å²) in [7, 11) is -4.15. The molecule has 0 fully saturated rings. The van der Waals surface area contributed by atoms with Gasteiger partial charge < -0.3 is 10.2 Å². The van der Waals surface area contributed by atoms with E-state index in [0.717, 1.165) is 26.6 Å². The second kappa shape index (κ2) is 13.3. The third kappa shape index (κ3) is 7.64. The quantitative estimate of drug-likeness (QED) is 0.309. The molecule has 3 rings (SSSR count). The number of nitrogens with one attached hydrogen (secondary N) is 1. The average Bonchev–Trinajstić information content (AvgIpc) is 2.89. The molecule has 1 N–H and O–H groups in total. The first-order chi connectivity index (χ1) is 18.8. The Kier molecular flexibility index (Phi) is 10.4. The van der Waals surface area contributed by atoms with Crippen LogP contribution in [0.4, 0.5) is 5.69 Å². The van der Waals surface area contributed by atoms with Gasteiger partial charge in [0.1, 0.15) is 12.6 Å². The average molecular weight is 584 g/mol. The Bertz CT molecular complexity index is 1440. The minimum atomic E-state index is -4.15. The number of anilines is 1. The van der Waals surface area contributed by atoms with Crippen LogP contribution in [0.1, 0.15) is 49.4 Å². The first kappa shape index (κ1) is 31.2. The van der Waals surface area contributed by atoms with Crippen LogP contribution in [0.3, 0.4) is 0 Å². The first-order valence-corrected chi connectivity index (χ1v) is 15.2. The van der Waals surface area contributed by atoms with Gasteiger partial charge in [-0.05, 0) is 76.4 Å². The monoisotopic (exact) mass is 583 g/mol. The Labute approximate surface area is 243 Å². The number of hydrogen-bond donors (Lipinski definition) is 1. The summed E-state index contributed by atoms with van der Waals surface area (Å²) in [6.45, 7) is 10.8. The molecule has 0 aliphatic rings. The van der Waals surface area contributed by atoms with Crippen LogP contribution in [0, 0.1) is 20.8 Å². The van der Waals surface area contributed by atoms with E-state index in [4.69, 9.17) is 11.6 Å². The van der Waals surface area contributed by atoms with E-state index in [-0.39, 0.29) is 29.1 Å². The number of sulfonamides is 1. The lowest BCUT2D eigenvalue weighted by molar-refractivity contribution is -0.140. The molecule has 3 aromatic carbocycles. The molecule has 1 unspecified atom stereocenters. The number of halogens is 1. The number of nitrogens with zero attached hydrogens (tertiary/aromatic N) is 2. The lowest BCUT2D eigenvalue weighted by atomic mass is 10.1. The van der Waals surface area contributed by atoms with E-state index in [9.17, 15) is 18.0 Å². The zero-order chi connectivity index (χ0) is 29.6. The van der Waals surface area contributed by atoms with Gasteiger partial charge in [0.15, 0.2) is 0 Å². The molecule has 0 aromatic heterocycles. The van der Waals surface area contributed by atoms with Crippen molar-refractivity contribution in [3.05, 3.63) is 94.0 Å². The highest BCUT2D eigenvalue weighted by atomic mass is 35.5. The van der Waals surface area contributed by atoms with Crippen LogP contribution in [0.5, 0.6) is 0 Å². The summed E-state index contributed by atoms with van der Waals surface area (Å²) in [6.07, 6.45) is 0.358. The van der Waals surface area contributed by atoms with Crippen LogP contribution in [-0.4, -0.2) is 43.8 Å². The Balaban J connectivity index is 2.08. The molecule has 214 valence electrons. The number of aryl methyl sites for hydroxylation is 3. The SMILES string of the molecule is CCC(C(=O)NC(C)C)N(Cc1ccc(C)cc1)C(=O)CN(c1ccc(C)c(Cl)c1)S(=O)(=O)c1ccc(C)cc1. The van der Waals surface area contributed by atoms with Crippen molar-refractivity contribution in [2.45, 2.75) is 71.5 Å². The summed E-state index contributed by atoms with van der Waals surface area (Å²) in [5, 5.41) is 3.28. The summed E-state index contributed by atoms with van der Waals surface area (Å²) in [4.78, 5) is 28.8. The summed E-state index contributed by atoms with van der Waals surface area (Å²) in [6, 6.07) is 18.1. The number of benzene rings is 3. The number of carbonyl (C=O) groups excluding carboxylic acids is 2. The highest BCUT2D eigenvalue weighted by molar-refractivity contribution is 7.92. The van der Waals surface area contributed by atoms with Crippen LogP contribution in [0.15, 0.2) is 71.6 Å². The van der Waals surface area contributed by atoms with E-state index < -0.39 is 28.5 Å². The molecule has 3 aromatic rings. The van der Waals surface area contributed by atoms with E-state index >= 15 is 0 Å². The van der Waals surface area contributed by atoms with E-state index in [0.29, 0.717) is 11.4 Å². The van der Waals surface area contributed by atoms with Crippen molar-refractivity contribution in [1.82, 2.24) is 10.2 Å². The molecule has 2 amide bonds. The van der Waals surface area contributed by atoms with Gasteiger partial charge in [0.2, 0.25) is 11.8 Å². The largest absolute Gasteiger partial charge is 0.352 e. The number of rotatable bonds is 11. The van der Waals surface area contributed by atoms with Gasteiger partial charge in [-0.1, -0.05) is 72.1 Å². The van der Waals surface area contributed by atoms with Crippen LogP contribution in [-0.2, 0) is 26.2 Å². The van der Waals surface area contributed by atoms with Crippen molar-refractivity contribution < 1.29 is 18.0 Å². The smallest absolute Gasteiger partial charge is 0.264 e. The van der Waals surface area contributed by atoms with Gasteiger partial charge in [0.25, 0.3) is 10.0 Å². The second-order valence-corrected chi connectivity index (χ2v) is 12.6. The molecular formula is C31H38ClN3O4S. The standard InChI is InChI=1S/C31H38ClN3O4S/c1-7-29(31(37)33-21(2)3)34(19-25-13-8-22(4)9-14-25)30(36)20-35(26-15-12-24(6)28(32)18-26)40(38,39)27-16-10-23(5)11-17-27/h8-18,21,29H,7,19-20H2,1-6H3,(H,33,37). The van der Waals surface area contributed by atoms with Gasteiger partial charge in [-0.15, -0.1) is 0 Å². The fraction of sp³-hybridized carbons (Fsp3) is 0.355. The second-order valence-electron chi connectivity index (χ2n) is 10.4. The van der Waals surface area contributed by atoms with E-state index in [1.54, 1.807) is 30.3 Å². The van der Waals surface area contributed by atoms with Gasteiger partial charge in [-0.25, -0.2) is 8.42 Å². The van der Waals surface area contributed by atoms with E-state index in [1.807, 2.05) is 65.8 Å². The Morgan fingerprint density at radius 3 is 2.00 bits per heavy atom. The fourth-order valence-corrected chi connectivity index (χ4v) is 5.87. The van der Waals surface area contributed by atoms with Crippen molar-refractivity contribution >= 4 is 39.1 Å². The molecule has 1 atom stereocenters. The highest BCUT2D eigenvalue weighted by Crippen LogP contribution is 2.29. The zero-order valence-corrected chi connectivity index (χ0v) is 25.5. The lowest BCUT2D eigenvalue weighted by Gasteiger charge is -2.33. The molecule has 0 aliphatic heterocycles. The van der Waals surface area contributed by atoms with Gasteiger partial charge in [-0.3, -0.25) is 13.9 Å². The molecule has 9 heteroatoms. The van der Waals surface area contributed by atoms with Gasteiger partial charge in [0, 0.05) is 17.6 Å². The normalized spacial score (nSPS) is 12.2. The van der Waals surface area contributed by atoms with Crippen LogP contribution >= 0.6 is 11.6 Å². The first-order valence-electron chi connectivity index (χ1n) is 13.3. The third-order valence-electron chi connectivity index (χ3n) is 6.62. The fourth-order valence-electron chi connectivity index (χ4n) is 4.29. The third-order valence-corrected chi connectivity index (χ3v) is 8.82. The molecule has 7 nitrogen and oxygen atoms in total. The molecule has 0 aliphatic carbocycles. The van der Waals surface area contributed by atoms with Crippen molar-refractivity contribution in [3.63, 3.8) is 0 Å². The van der Waals surface area contributed by atoms with Crippen LogP contribution in [0.25, 0.3) is 0 Å². The number of amides is 2. The molecule has 0 saturated carbocycles. The molecule has 0 heterocycles. The zero-order valence-electron chi connectivity index (χ0n) is 23.9. The van der Waals surface area contributed by atoms with Crippen LogP contribution < -0.4 is 9.62 Å². The number of hydrogen-bond acceptors (Lipinski definition) is 4. The summed E-state index contributed by atoms with van der Waals surface area (Å²) >= 11 is 6.39. The van der Waals surface area contributed by atoms with Crippen molar-refractivity contribution in [2.24, 2.45) is 0 Å². The minimum Gasteiger partial charge on any atom is -0.352 e. The predicted octanol–water partition coefficient (Wildman–Crippen LogP) is 5.79. The Hall–Kier alpha value is -3.36. The highest BCUT2D eigenvalue weighted by Gasteiger charge is 2.34. The maximum atomic E-state index is 14.1. The summed E-state index contributed by atoms with van der Waals surface area (Å²) in [5.74, 6) is -0.789. The Morgan fingerprint density at radius 1 is 0.900 bits per heavy atom. The van der Waals surface area contributed by atoms with Crippen molar-refractivity contribution in [2.75, 3.05) is 10.8 Å². The van der Waals surface area contributed by atoms with Crippen LogP contribution in [0.2, 0.25) is 5.02 Å². The molecule has 0 saturated heterocycles. The van der Waals surface area contributed by atoms with E-state index in [1.165, 1.54) is 17.0 Å². The van der Waals surface area contributed by atoms with Gasteiger partial charge in [0.05, 0.1) is 10.6 Å². The Morgan fingerprint density at radius 2 is 1.48 bits per heavy atom. The van der Waals surface area contributed by atoms with Crippen molar-refractivity contribution in [3.8, 4) is 0 Å². The summed E-state index contributed by atoms with van der Waals surface area (Å²) in [5.41, 5.74) is 3.85. The predicted molar refractivity (Wildman–Crippen MR) is 161 cm³/mol. The van der Waals surface area contributed by atoms with Gasteiger partial charge >= 0.3 is 0 Å². The van der Waals surface area contributed by atoms with Crippen molar-refractivity contribution in [1.29, 1.82) is 0 Å². The summed E-state index contributed by atoms with van der Waals surface area (Å²) < 4.78 is 29.0. The van der Waals surface area contributed by atoms with Gasteiger partial charge in [-0.2, -0.15) is 0 Å². The van der Waals surface area contributed by atoms with E-state index in [2.05, 4.69) is 5.32 Å². The molecule has 0 bridgehead atoms. The lowest BCUT2D eigenvalue weighted by Crippen LogP contribution is -2.53. The maximum absolute atomic E-state index is 14.1. The molecule has 0 spiro atoms. The molecule has 40 heavy (non-hydrogen) atoms. The topological polar surface area (TPSA) is 86.8 Å². The minimum absolute atomic E-state index is 0.0530. The number of carbonyl (C=O) groups is 2. The maximum Gasteiger partial charge on any atom is 0.264 e. The molecular weight excluding hydrogens is 546 g/mol.